The van der Waals surface area contributed by atoms with Crippen LogP contribution < -0.4 is 0 Å². The molecule has 0 radical (unpaired) electrons. The largest absolute Gasteiger partial charge is 0.290 e. The standard InChI is InChI=1S/C17H24O2/c1-3-5-7-12-16(18)14-10-9-11-15(14)17(19)13-8-6-4-2/h7-8,12-13H,3-6,9-11H2,1-2H3. The zero-order valence-corrected chi connectivity index (χ0v) is 12.1. The van der Waals surface area contributed by atoms with Crippen molar-refractivity contribution in [1.29, 1.82) is 0 Å². The van der Waals surface area contributed by atoms with E-state index in [9.17, 15) is 9.59 Å². The first-order valence-corrected chi connectivity index (χ1v) is 7.34. The van der Waals surface area contributed by atoms with Gasteiger partial charge in [-0.2, -0.15) is 0 Å². The fourth-order valence-electron chi connectivity index (χ4n) is 2.20. The number of hydrogen-bond acceptors (Lipinski definition) is 2. The van der Waals surface area contributed by atoms with Crippen molar-refractivity contribution in [2.45, 2.75) is 58.8 Å². The van der Waals surface area contributed by atoms with Crippen LogP contribution in [0.2, 0.25) is 0 Å². The molecule has 0 amide bonds. The number of carbonyl (C=O) groups excluding carboxylic acids is 2. The Bertz CT molecular complexity index is 373. The van der Waals surface area contributed by atoms with Crippen LogP contribution in [-0.4, -0.2) is 11.6 Å². The predicted molar refractivity (Wildman–Crippen MR) is 79.0 cm³/mol. The van der Waals surface area contributed by atoms with Gasteiger partial charge in [0.15, 0.2) is 11.6 Å². The van der Waals surface area contributed by atoms with Crippen LogP contribution in [0.15, 0.2) is 35.5 Å². The number of carbonyl (C=O) groups is 2. The monoisotopic (exact) mass is 260 g/mol. The average molecular weight is 260 g/mol. The molecule has 0 fully saturated rings. The molecule has 19 heavy (non-hydrogen) atoms. The van der Waals surface area contributed by atoms with Gasteiger partial charge in [-0.15, -0.1) is 0 Å². The van der Waals surface area contributed by atoms with Gasteiger partial charge in [0.2, 0.25) is 0 Å². The van der Waals surface area contributed by atoms with Crippen LogP contribution in [0.25, 0.3) is 0 Å². The summed E-state index contributed by atoms with van der Waals surface area (Å²) in [6.45, 7) is 4.16. The van der Waals surface area contributed by atoms with Crippen molar-refractivity contribution >= 4 is 11.6 Å². The van der Waals surface area contributed by atoms with E-state index in [4.69, 9.17) is 0 Å². The van der Waals surface area contributed by atoms with E-state index in [2.05, 4.69) is 13.8 Å². The zero-order chi connectivity index (χ0) is 14.1. The van der Waals surface area contributed by atoms with Gasteiger partial charge in [-0.1, -0.05) is 38.8 Å². The molecule has 0 saturated carbocycles. The van der Waals surface area contributed by atoms with E-state index in [0.717, 1.165) is 56.1 Å². The lowest BCUT2D eigenvalue weighted by Gasteiger charge is -2.00. The topological polar surface area (TPSA) is 34.1 Å². The normalized spacial score (nSPS) is 15.9. The molecule has 0 saturated heterocycles. The lowest BCUT2D eigenvalue weighted by atomic mass is 10.0. The Morgan fingerprint density at radius 2 is 1.32 bits per heavy atom. The van der Waals surface area contributed by atoms with Crippen molar-refractivity contribution in [2.24, 2.45) is 0 Å². The average Bonchev–Trinajstić information content (AvgIpc) is 2.88. The van der Waals surface area contributed by atoms with E-state index < -0.39 is 0 Å². The molecule has 0 spiro atoms. The first-order valence-electron chi connectivity index (χ1n) is 7.34. The summed E-state index contributed by atoms with van der Waals surface area (Å²) >= 11 is 0. The summed E-state index contributed by atoms with van der Waals surface area (Å²) in [6, 6.07) is 0. The number of ketones is 2. The minimum Gasteiger partial charge on any atom is -0.290 e. The van der Waals surface area contributed by atoms with E-state index in [1.807, 2.05) is 12.2 Å². The Kier molecular flexibility index (Phi) is 7.09. The van der Waals surface area contributed by atoms with Gasteiger partial charge in [0.05, 0.1) is 0 Å². The Balaban J connectivity index is 2.75. The van der Waals surface area contributed by atoms with Gasteiger partial charge in [-0.3, -0.25) is 9.59 Å². The maximum Gasteiger partial charge on any atom is 0.181 e. The highest BCUT2D eigenvalue weighted by atomic mass is 16.1. The van der Waals surface area contributed by atoms with Crippen molar-refractivity contribution in [3.8, 4) is 0 Å². The molecule has 2 nitrogen and oxygen atoms in total. The van der Waals surface area contributed by atoms with Crippen LogP contribution in [0.1, 0.15) is 58.8 Å². The molecule has 0 heterocycles. The lowest BCUT2D eigenvalue weighted by molar-refractivity contribution is -0.113. The van der Waals surface area contributed by atoms with Gasteiger partial charge in [-0.05, 0) is 44.3 Å². The number of unbranched alkanes of at least 4 members (excludes halogenated alkanes) is 2. The molecule has 0 bridgehead atoms. The molecule has 1 rings (SSSR count). The highest BCUT2D eigenvalue weighted by Crippen LogP contribution is 2.28. The van der Waals surface area contributed by atoms with E-state index in [0.29, 0.717) is 0 Å². The van der Waals surface area contributed by atoms with Crippen LogP contribution in [0.4, 0.5) is 0 Å². The van der Waals surface area contributed by atoms with E-state index in [1.165, 1.54) is 0 Å². The summed E-state index contributed by atoms with van der Waals surface area (Å²) in [6.07, 6.45) is 13.4. The van der Waals surface area contributed by atoms with Crippen LogP contribution in [-0.2, 0) is 9.59 Å². The van der Waals surface area contributed by atoms with Gasteiger partial charge < -0.3 is 0 Å². The fraction of sp³-hybridized carbons (Fsp3) is 0.529. The second kappa shape index (κ2) is 8.63. The molecule has 1 aliphatic rings. The summed E-state index contributed by atoms with van der Waals surface area (Å²) in [5.41, 5.74) is 1.47. The van der Waals surface area contributed by atoms with Crippen molar-refractivity contribution in [1.82, 2.24) is 0 Å². The molecule has 0 aromatic rings. The smallest absolute Gasteiger partial charge is 0.181 e. The van der Waals surface area contributed by atoms with Crippen molar-refractivity contribution < 1.29 is 9.59 Å². The van der Waals surface area contributed by atoms with Gasteiger partial charge in [0, 0.05) is 11.1 Å². The molecule has 0 unspecified atom stereocenters. The third kappa shape index (κ3) is 4.98. The fourth-order valence-corrected chi connectivity index (χ4v) is 2.20. The first-order chi connectivity index (χ1) is 9.20. The summed E-state index contributed by atoms with van der Waals surface area (Å²) < 4.78 is 0. The van der Waals surface area contributed by atoms with Gasteiger partial charge in [0.25, 0.3) is 0 Å². The maximum absolute atomic E-state index is 12.0. The van der Waals surface area contributed by atoms with Crippen molar-refractivity contribution in [3.05, 3.63) is 35.5 Å². The Morgan fingerprint density at radius 1 is 0.895 bits per heavy atom. The second-order valence-corrected chi connectivity index (χ2v) is 4.92. The molecule has 104 valence electrons. The van der Waals surface area contributed by atoms with Gasteiger partial charge >= 0.3 is 0 Å². The van der Waals surface area contributed by atoms with E-state index >= 15 is 0 Å². The number of allylic oxidation sites excluding steroid dienone is 6. The Hall–Kier alpha value is -1.44. The molecule has 0 aliphatic heterocycles. The summed E-state index contributed by atoms with van der Waals surface area (Å²) in [4.78, 5) is 24.1. The van der Waals surface area contributed by atoms with Gasteiger partial charge in [-0.25, -0.2) is 0 Å². The Labute approximate surface area is 116 Å². The highest BCUT2D eigenvalue weighted by molar-refractivity contribution is 6.14. The maximum atomic E-state index is 12.0. The third-order valence-electron chi connectivity index (χ3n) is 3.26. The minimum atomic E-state index is 0.0261. The van der Waals surface area contributed by atoms with Crippen LogP contribution in [0, 0.1) is 0 Å². The van der Waals surface area contributed by atoms with Crippen LogP contribution in [0.5, 0.6) is 0 Å². The molecule has 0 aromatic carbocycles. The summed E-state index contributed by atoms with van der Waals surface area (Å²) in [7, 11) is 0. The van der Waals surface area contributed by atoms with Crippen LogP contribution >= 0.6 is 0 Å². The summed E-state index contributed by atoms with van der Waals surface area (Å²) in [5, 5.41) is 0. The quantitative estimate of drug-likeness (QED) is 0.609. The summed E-state index contributed by atoms with van der Waals surface area (Å²) in [5.74, 6) is 0.0522. The van der Waals surface area contributed by atoms with Crippen molar-refractivity contribution in [3.63, 3.8) is 0 Å². The highest BCUT2D eigenvalue weighted by Gasteiger charge is 2.22. The molecule has 0 aromatic heterocycles. The molecular weight excluding hydrogens is 236 g/mol. The Morgan fingerprint density at radius 3 is 1.68 bits per heavy atom. The zero-order valence-electron chi connectivity index (χ0n) is 12.1. The molecule has 1 aliphatic carbocycles. The van der Waals surface area contributed by atoms with Crippen LogP contribution in [0.3, 0.4) is 0 Å². The van der Waals surface area contributed by atoms with E-state index in [1.54, 1.807) is 12.2 Å². The van der Waals surface area contributed by atoms with E-state index in [-0.39, 0.29) is 11.6 Å². The third-order valence-corrected chi connectivity index (χ3v) is 3.26. The van der Waals surface area contributed by atoms with Gasteiger partial charge in [0.1, 0.15) is 0 Å². The SMILES string of the molecule is CCCC=CC(=O)C1=C(C(=O)C=CCCC)CCC1. The predicted octanol–water partition coefficient (Wildman–Crippen LogP) is 4.32. The minimum absolute atomic E-state index is 0.0261. The number of rotatable bonds is 8. The van der Waals surface area contributed by atoms with Crippen molar-refractivity contribution in [2.75, 3.05) is 0 Å². The first kappa shape index (κ1) is 15.6. The lowest BCUT2D eigenvalue weighted by Crippen LogP contribution is -2.04. The number of hydrogen-bond donors (Lipinski definition) is 0. The second-order valence-electron chi connectivity index (χ2n) is 4.92. The molecule has 0 N–H and O–H groups in total. The molecule has 2 heteroatoms. The molecular formula is C17H24O2. The molecule has 0 atom stereocenters.